The van der Waals surface area contributed by atoms with Crippen LogP contribution in [0.2, 0.25) is 0 Å². The Morgan fingerprint density at radius 3 is 2.65 bits per heavy atom. The number of ether oxygens (including phenoxy) is 1. The van der Waals surface area contributed by atoms with Crippen molar-refractivity contribution in [1.82, 2.24) is 15.0 Å². The third-order valence-electron chi connectivity index (χ3n) is 3.66. The maximum Gasteiger partial charge on any atom is 0.128 e. The molecule has 0 aliphatic heterocycles. The molecule has 0 fully saturated rings. The van der Waals surface area contributed by atoms with E-state index in [-0.39, 0.29) is 0 Å². The first-order valence-corrected chi connectivity index (χ1v) is 7.24. The number of rotatable bonds is 4. The van der Waals surface area contributed by atoms with Crippen molar-refractivity contribution in [3.05, 3.63) is 65.4 Å². The summed E-state index contributed by atoms with van der Waals surface area (Å²) >= 11 is 0. The van der Waals surface area contributed by atoms with Gasteiger partial charge in [0.05, 0.1) is 37.2 Å². The predicted octanol–water partition coefficient (Wildman–Crippen LogP) is 3.18. The van der Waals surface area contributed by atoms with Crippen LogP contribution in [-0.4, -0.2) is 22.1 Å². The van der Waals surface area contributed by atoms with Gasteiger partial charge in [0, 0.05) is 5.56 Å². The van der Waals surface area contributed by atoms with Crippen LogP contribution in [0.5, 0.6) is 5.75 Å². The Morgan fingerprint density at radius 1 is 1.17 bits per heavy atom. The fourth-order valence-electron chi connectivity index (χ4n) is 2.46. The molecule has 3 aromatic rings. The lowest BCUT2D eigenvalue weighted by molar-refractivity contribution is 0.416. The third-order valence-corrected chi connectivity index (χ3v) is 3.66. The SMILES string of the molecule is COc1ccc(C)cc1-c1cnnn1Cc1ccc(C#N)cc1. The van der Waals surface area contributed by atoms with E-state index >= 15 is 0 Å². The maximum absolute atomic E-state index is 8.87. The van der Waals surface area contributed by atoms with Crippen molar-refractivity contribution in [2.75, 3.05) is 7.11 Å². The van der Waals surface area contributed by atoms with E-state index in [1.165, 1.54) is 0 Å². The van der Waals surface area contributed by atoms with Gasteiger partial charge in [-0.2, -0.15) is 5.26 Å². The molecule has 0 aliphatic rings. The number of benzene rings is 2. The molecule has 23 heavy (non-hydrogen) atoms. The first kappa shape index (κ1) is 14.8. The zero-order chi connectivity index (χ0) is 16.2. The zero-order valence-electron chi connectivity index (χ0n) is 13.0. The lowest BCUT2D eigenvalue weighted by Gasteiger charge is -2.11. The second kappa shape index (κ2) is 6.32. The van der Waals surface area contributed by atoms with Crippen molar-refractivity contribution < 1.29 is 4.74 Å². The number of methoxy groups -OCH3 is 1. The van der Waals surface area contributed by atoms with E-state index in [0.29, 0.717) is 12.1 Å². The molecule has 0 saturated heterocycles. The highest BCUT2D eigenvalue weighted by atomic mass is 16.5. The largest absolute Gasteiger partial charge is 0.496 e. The average Bonchev–Trinajstić information content (AvgIpc) is 3.03. The highest BCUT2D eigenvalue weighted by molar-refractivity contribution is 5.67. The van der Waals surface area contributed by atoms with E-state index in [4.69, 9.17) is 10.00 Å². The highest BCUT2D eigenvalue weighted by Gasteiger charge is 2.12. The normalized spacial score (nSPS) is 10.3. The summed E-state index contributed by atoms with van der Waals surface area (Å²) in [5.74, 6) is 0.791. The van der Waals surface area contributed by atoms with Gasteiger partial charge in [0.25, 0.3) is 0 Å². The third kappa shape index (κ3) is 3.06. The van der Waals surface area contributed by atoms with Crippen LogP contribution in [-0.2, 0) is 6.54 Å². The molecule has 3 rings (SSSR count). The summed E-state index contributed by atoms with van der Waals surface area (Å²) in [5.41, 5.74) is 4.71. The van der Waals surface area contributed by atoms with Gasteiger partial charge in [-0.15, -0.1) is 5.10 Å². The molecule has 5 nitrogen and oxygen atoms in total. The Balaban J connectivity index is 1.96. The number of aryl methyl sites for hydroxylation is 1. The maximum atomic E-state index is 8.87. The molecule has 0 saturated carbocycles. The van der Waals surface area contributed by atoms with E-state index in [0.717, 1.165) is 28.1 Å². The number of aromatic nitrogens is 3. The van der Waals surface area contributed by atoms with Crippen LogP contribution >= 0.6 is 0 Å². The lowest BCUT2D eigenvalue weighted by atomic mass is 10.1. The smallest absolute Gasteiger partial charge is 0.128 e. The van der Waals surface area contributed by atoms with Crippen molar-refractivity contribution in [3.63, 3.8) is 0 Å². The first-order chi connectivity index (χ1) is 11.2. The van der Waals surface area contributed by atoms with Crippen molar-refractivity contribution >= 4 is 0 Å². The second-order valence-electron chi connectivity index (χ2n) is 5.29. The molecule has 2 aromatic carbocycles. The molecule has 0 radical (unpaired) electrons. The van der Waals surface area contributed by atoms with E-state index in [1.807, 2.05) is 35.9 Å². The average molecular weight is 304 g/mol. The van der Waals surface area contributed by atoms with Gasteiger partial charge >= 0.3 is 0 Å². The molecule has 0 spiro atoms. The zero-order valence-corrected chi connectivity index (χ0v) is 13.0. The van der Waals surface area contributed by atoms with E-state index in [1.54, 1.807) is 25.4 Å². The van der Waals surface area contributed by atoms with Crippen LogP contribution < -0.4 is 4.74 Å². The molecule has 0 atom stereocenters. The molecule has 0 N–H and O–H groups in total. The molecule has 114 valence electrons. The molecular formula is C18H16N4O. The Labute approximate surface area is 134 Å². The molecule has 0 bridgehead atoms. The molecule has 0 unspecified atom stereocenters. The van der Waals surface area contributed by atoms with Gasteiger partial charge in [-0.05, 0) is 36.8 Å². The minimum absolute atomic E-state index is 0.581. The van der Waals surface area contributed by atoms with E-state index in [2.05, 4.69) is 22.4 Å². The molecule has 5 heteroatoms. The van der Waals surface area contributed by atoms with Crippen LogP contribution in [0.4, 0.5) is 0 Å². The predicted molar refractivity (Wildman–Crippen MR) is 87.0 cm³/mol. The lowest BCUT2D eigenvalue weighted by Crippen LogP contribution is -2.05. The number of nitriles is 1. The second-order valence-corrected chi connectivity index (χ2v) is 5.29. The standard InChI is InChI=1S/C18H16N4O/c1-13-3-8-18(23-2)16(9-13)17-11-20-21-22(17)12-15-6-4-14(10-19)5-7-15/h3-9,11H,12H2,1-2H3. The van der Waals surface area contributed by atoms with Gasteiger partial charge in [0.15, 0.2) is 0 Å². The van der Waals surface area contributed by atoms with Crippen LogP contribution in [0, 0.1) is 18.3 Å². The first-order valence-electron chi connectivity index (χ1n) is 7.24. The Bertz CT molecular complexity index is 859. The van der Waals surface area contributed by atoms with E-state index in [9.17, 15) is 0 Å². The van der Waals surface area contributed by atoms with Crippen LogP contribution in [0.15, 0.2) is 48.7 Å². The van der Waals surface area contributed by atoms with Gasteiger partial charge < -0.3 is 4.74 Å². The van der Waals surface area contributed by atoms with Gasteiger partial charge in [-0.1, -0.05) is 29.0 Å². The molecule has 0 aliphatic carbocycles. The minimum Gasteiger partial charge on any atom is -0.496 e. The Hall–Kier alpha value is -3.13. The molecule has 1 heterocycles. The summed E-state index contributed by atoms with van der Waals surface area (Å²) in [6.07, 6.45) is 1.74. The number of hydrogen-bond donors (Lipinski definition) is 0. The number of hydrogen-bond acceptors (Lipinski definition) is 4. The van der Waals surface area contributed by atoms with Crippen molar-refractivity contribution in [1.29, 1.82) is 5.26 Å². The van der Waals surface area contributed by atoms with E-state index < -0.39 is 0 Å². The summed E-state index contributed by atoms with van der Waals surface area (Å²) in [4.78, 5) is 0. The van der Waals surface area contributed by atoms with Crippen molar-refractivity contribution in [3.8, 4) is 23.1 Å². The monoisotopic (exact) mass is 304 g/mol. The van der Waals surface area contributed by atoms with Crippen LogP contribution in [0.25, 0.3) is 11.3 Å². The summed E-state index contributed by atoms with van der Waals surface area (Å²) in [6, 6.07) is 15.6. The number of nitrogens with zero attached hydrogens (tertiary/aromatic N) is 4. The summed E-state index contributed by atoms with van der Waals surface area (Å²) in [6.45, 7) is 2.62. The molecular weight excluding hydrogens is 288 g/mol. The fraction of sp³-hybridized carbons (Fsp3) is 0.167. The molecule has 1 aromatic heterocycles. The van der Waals surface area contributed by atoms with Gasteiger partial charge in [-0.25, -0.2) is 4.68 Å². The van der Waals surface area contributed by atoms with Crippen molar-refractivity contribution in [2.45, 2.75) is 13.5 Å². The van der Waals surface area contributed by atoms with Crippen molar-refractivity contribution in [2.24, 2.45) is 0 Å². The van der Waals surface area contributed by atoms with Gasteiger partial charge in [0.2, 0.25) is 0 Å². The summed E-state index contributed by atoms with van der Waals surface area (Å²) < 4.78 is 7.29. The van der Waals surface area contributed by atoms with Gasteiger partial charge in [0.1, 0.15) is 5.75 Å². The Kier molecular flexibility index (Phi) is 4.07. The van der Waals surface area contributed by atoms with Crippen LogP contribution in [0.3, 0.4) is 0 Å². The van der Waals surface area contributed by atoms with Gasteiger partial charge in [-0.3, -0.25) is 0 Å². The Morgan fingerprint density at radius 2 is 1.96 bits per heavy atom. The quantitative estimate of drug-likeness (QED) is 0.742. The summed E-state index contributed by atoms with van der Waals surface area (Å²) in [7, 11) is 1.66. The summed E-state index contributed by atoms with van der Waals surface area (Å²) in [5, 5.41) is 17.1. The highest BCUT2D eigenvalue weighted by Crippen LogP contribution is 2.30. The molecule has 0 amide bonds. The topological polar surface area (TPSA) is 63.7 Å². The fourth-order valence-corrected chi connectivity index (χ4v) is 2.46. The minimum atomic E-state index is 0.581. The van der Waals surface area contributed by atoms with Crippen LogP contribution in [0.1, 0.15) is 16.7 Å².